The Bertz CT molecular complexity index is 723. The minimum atomic E-state index is -0.540. The van der Waals surface area contributed by atoms with Crippen LogP contribution >= 0.6 is 27.7 Å². The molecule has 0 aliphatic heterocycles. The van der Waals surface area contributed by atoms with Gasteiger partial charge in [0.15, 0.2) is 12.4 Å². The molecule has 0 saturated heterocycles. The van der Waals surface area contributed by atoms with E-state index in [4.69, 9.17) is 4.74 Å². The van der Waals surface area contributed by atoms with Gasteiger partial charge in [-0.1, -0.05) is 40.2 Å². The van der Waals surface area contributed by atoms with Crippen molar-refractivity contribution in [2.45, 2.75) is 4.90 Å². The van der Waals surface area contributed by atoms with Crippen molar-refractivity contribution < 1.29 is 14.3 Å². The number of ether oxygens (including phenoxy) is 1. The van der Waals surface area contributed by atoms with E-state index >= 15 is 0 Å². The molecule has 0 atom stereocenters. The molecule has 0 unspecified atom stereocenters. The highest BCUT2D eigenvalue weighted by atomic mass is 79.9. The fourth-order valence-electron chi connectivity index (χ4n) is 1.81. The molecule has 2 aromatic rings. The number of ketones is 1. The van der Waals surface area contributed by atoms with E-state index in [1.807, 2.05) is 36.6 Å². The van der Waals surface area contributed by atoms with Crippen molar-refractivity contribution in [1.82, 2.24) is 0 Å². The van der Waals surface area contributed by atoms with Gasteiger partial charge in [0.2, 0.25) is 0 Å². The van der Waals surface area contributed by atoms with Crippen LogP contribution in [0, 0.1) is 0 Å². The largest absolute Gasteiger partial charge is 0.454 e. The van der Waals surface area contributed by atoms with Crippen LogP contribution in [0.4, 0.5) is 0 Å². The number of hydrogen-bond donors (Lipinski definition) is 0. The Morgan fingerprint density at radius 2 is 1.91 bits per heavy atom. The summed E-state index contributed by atoms with van der Waals surface area (Å²) in [5.74, 6) is -0.778. The van der Waals surface area contributed by atoms with E-state index in [9.17, 15) is 9.59 Å². The van der Waals surface area contributed by atoms with Crippen LogP contribution in [0.1, 0.15) is 15.9 Å². The minimum Gasteiger partial charge on any atom is -0.454 e. The number of carbonyl (C=O) groups is 2. The van der Waals surface area contributed by atoms with Gasteiger partial charge in [-0.05, 0) is 42.2 Å². The topological polar surface area (TPSA) is 43.4 Å². The highest BCUT2D eigenvalue weighted by Gasteiger charge is 2.08. The zero-order valence-corrected chi connectivity index (χ0v) is 14.9. The molecule has 0 amide bonds. The van der Waals surface area contributed by atoms with Crippen LogP contribution in [0.5, 0.6) is 0 Å². The van der Waals surface area contributed by atoms with Crippen LogP contribution in [-0.2, 0) is 9.53 Å². The number of hydrogen-bond acceptors (Lipinski definition) is 4. The maximum absolute atomic E-state index is 11.9. The molecule has 0 radical (unpaired) electrons. The fourth-order valence-corrected chi connectivity index (χ4v) is 2.62. The predicted molar refractivity (Wildman–Crippen MR) is 96.7 cm³/mol. The molecule has 2 aromatic carbocycles. The third-order valence-corrected chi connectivity index (χ3v) is 4.26. The summed E-state index contributed by atoms with van der Waals surface area (Å²) in [6.45, 7) is -0.273. The van der Waals surface area contributed by atoms with Gasteiger partial charge in [0.1, 0.15) is 0 Å². The molecule has 0 fully saturated rings. The zero-order chi connectivity index (χ0) is 16.7. The van der Waals surface area contributed by atoms with E-state index in [-0.39, 0.29) is 12.4 Å². The molecule has 0 N–H and O–H groups in total. The summed E-state index contributed by atoms with van der Waals surface area (Å²) in [7, 11) is 0. The first-order chi connectivity index (χ1) is 11.1. The van der Waals surface area contributed by atoms with Crippen molar-refractivity contribution in [2.75, 3.05) is 12.9 Å². The standard InChI is InChI=1S/C18H15BrO3S/c1-23-16-8-5-13(6-9-16)7-10-18(21)22-12-17(20)14-3-2-4-15(19)11-14/h2-11H,12H2,1H3/b10-7+. The molecule has 0 aromatic heterocycles. The first kappa shape index (κ1) is 17.5. The number of benzene rings is 2. The average Bonchev–Trinajstić information content (AvgIpc) is 2.58. The van der Waals surface area contributed by atoms with E-state index in [0.717, 1.165) is 14.9 Å². The average molecular weight is 391 g/mol. The number of thioether (sulfide) groups is 1. The van der Waals surface area contributed by atoms with E-state index in [1.54, 1.807) is 36.0 Å². The molecule has 5 heteroatoms. The van der Waals surface area contributed by atoms with Gasteiger partial charge in [-0.25, -0.2) is 4.79 Å². The lowest BCUT2D eigenvalue weighted by Gasteiger charge is -2.02. The molecule has 0 spiro atoms. The van der Waals surface area contributed by atoms with Crippen LogP contribution < -0.4 is 0 Å². The van der Waals surface area contributed by atoms with Gasteiger partial charge >= 0.3 is 5.97 Å². The molecular formula is C18H15BrO3S. The van der Waals surface area contributed by atoms with Crippen molar-refractivity contribution in [2.24, 2.45) is 0 Å². The molecule has 0 bridgehead atoms. The quantitative estimate of drug-likeness (QED) is 0.312. The first-order valence-electron chi connectivity index (χ1n) is 6.86. The summed E-state index contributed by atoms with van der Waals surface area (Å²) in [5.41, 5.74) is 1.40. The summed E-state index contributed by atoms with van der Waals surface area (Å²) < 4.78 is 5.78. The van der Waals surface area contributed by atoms with Crippen LogP contribution in [0.2, 0.25) is 0 Å². The van der Waals surface area contributed by atoms with Crippen molar-refractivity contribution in [1.29, 1.82) is 0 Å². The molecule has 2 rings (SSSR count). The van der Waals surface area contributed by atoms with Gasteiger partial charge in [0.05, 0.1) is 0 Å². The van der Waals surface area contributed by atoms with Gasteiger partial charge in [-0.3, -0.25) is 4.79 Å². The number of esters is 1. The summed E-state index contributed by atoms with van der Waals surface area (Å²) in [6, 6.07) is 14.8. The lowest BCUT2D eigenvalue weighted by atomic mass is 10.1. The van der Waals surface area contributed by atoms with Crippen LogP contribution in [0.15, 0.2) is 64.0 Å². The monoisotopic (exact) mass is 390 g/mol. The third-order valence-electron chi connectivity index (χ3n) is 3.02. The van der Waals surface area contributed by atoms with E-state index in [0.29, 0.717) is 5.56 Å². The van der Waals surface area contributed by atoms with Gasteiger partial charge in [-0.15, -0.1) is 11.8 Å². The molecule has 0 aliphatic carbocycles. The first-order valence-corrected chi connectivity index (χ1v) is 8.88. The summed E-state index contributed by atoms with van der Waals surface area (Å²) in [6.07, 6.45) is 4.99. The Balaban J connectivity index is 1.86. The normalized spacial score (nSPS) is 10.7. The zero-order valence-electron chi connectivity index (χ0n) is 12.5. The minimum absolute atomic E-state index is 0.239. The molecular weight excluding hydrogens is 376 g/mol. The van der Waals surface area contributed by atoms with E-state index < -0.39 is 5.97 Å². The fraction of sp³-hybridized carbons (Fsp3) is 0.111. The maximum atomic E-state index is 11.9. The summed E-state index contributed by atoms with van der Waals surface area (Å²) in [4.78, 5) is 24.7. The van der Waals surface area contributed by atoms with E-state index in [1.165, 1.54) is 6.08 Å². The Hall–Kier alpha value is -1.85. The Morgan fingerprint density at radius 3 is 2.57 bits per heavy atom. The van der Waals surface area contributed by atoms with Crippen LogP contribution in [-0.4, -0.2) is 24.6 Å². The number of halogens is 1. The molecule has 0 heterocycles. The number of rotatable bonds is 6. The van der Waals surface area contributed by atoms with Gasteiger partial charge in [0.25, 0.3) is 0 Å². The second-order valence-electron chi connectivity index (χ2n) is 4.65. The Labute approximate surface area is 147 Å². The Kier molecular flexibility index (Phi) is 6.62. The number of Topliss-reactive ketones (excluding diaryl/α,β-unsaturated/α-hetero) is 1. The third kappa shape index (κ3) is 5.69. The molecule has 3 nitrogen and oxygen atoms in total. The Morgan fingerprint density at radius 1 is 1.17 bits per heavy atom. The molecule has 23 heavy (non-hydrogen) atoms. The highest BCUT2D eigenvalue weighted by molar-refractivity contribution is 9.10. The maximum Gasteiger partial charge on any atom is 0.331 e. The summed E-state index contributed by atoms with van der Waals surface area (Å²) >= 11 is 4.95. The molecule has 0 saturated carbocycles. The van der Waals surface area contributed by atoms with Crippen LogP contribution in [0.3, 0.4) is 0 Å². The smallest absolute Gasteiger partial charge is 0.331 e. The van der Waals surface area contributed by atoms with Gasteiger partial charge in [0, 0.05) is 21.0 Å². The second-order valence-corrected chi connectivity index (χ2v) is 6.44. The summed E-state index contributed by atoms with van der Waals surface area (Å²) in [5, 5.41) is 0. The van der Waals surface area contributed by atoms with Crippen molar-refractivity contribution in [3.8, 4) is 0 Å². The van der Waals surface area contributed by atoms with Crippen molar-refractivity contribution >= 4 is 45.5 Å². The highest BCUT2D eigenvalue weighted by Crippen LogP contribution is 2.15. The van der Waals surface area contributed by atoms with Crippen molar-refractivity contribution in [3.05, 3.63) is 70.2 Å². The van der Waals surface area contributed by atoms with Gasteiger partial charge in [-0.2, -0.15) is 0 Å². The lowest BCUT2D eigenvalue weighted by Crippen LogP contribution is -2.12. The van der Waals surface area contributed by atoms with Gasteiger partial charge < -0.3 is 4.74 Å². The molecule has 0 aliphatic rings. The molecule has 118 valence electrons. The SMILES string of the molecule is CSc1ccc(/C=C/C(=O)OCC(=O)c2cccc(Br)c2)cc1. The second kappa shape index (κ2) is 8.70. The van der Waals surface area contributed by atoms with Crippen LogP contribution in [0.25, 0.3) is 6.08 Å². The lowest BCUT2D eigenvalue weighted by molar-refractivity contribution is -0.136. The number of carbonyl (C=O) groups excluding carboxylic acids is 2. The van der Waals surface area contributed by atoms with Crippen molar-refractivity contribution in [3.63, 3.8) is 0 Å². The predicted octanol–water partition coefficient (Wildman–Crippen LogP) is 4.61. The van der Waals surface area contributed by atoms with E-state index in [2.05, 4.69) is 15.9 Å².